The molecule has 0 saturated heterocycles. The Labute approximate surface area is 145 Å². The maximum atomic E-state index is 12.7. The fourth-order valence-electron chi connectivity index (χ4n) is 3.17. The van der Waals surface area contributed by atoms with Crippen LogP contribution in [0, 0.1) is 6.92 Å². The number of fused-ring (bicyclic) bond motifs is 1. The van der Waals surface area contributed by atoms with Crippen LogP contribution in [0.1, 0.15) is 45.5 Å². The maximum absolute atomic E-state index is 12.7. The molecule has 0 bridgehead atoms. The van der Waals surface area contributed by atoms with Gasteiger partial charge in [-0.2, -0.15) is 5.10 Å². The van der Waals surface area contributed by atoms with Gasteiger partial charge in [0.2, 0.25) is 10.0 Å². The van der Waals surface area contributed by atoms with Crippen LogP contribution >= 0.6 is 11.3 Å². The van der Waals surface area contributed by atoms with E-state index in [4.69, 9.17) is 0 Å². The van der Waals surface area contributed by atoms with E-state index in [2.05, 4.69) is 15.1 Å². The molecule has 0 fully saturated rings. The van der Waals surface area contributed by atoms with Crippen LogP contribution in [0.5, 0.6) is 0 Å². The Kier molecular flexibility index (Phi) is 4.50. The summed E-state index contributed by atoms with van der Waals surface area (Å²) in [6.45, 7) is 1.90. The normalized spacial score (nSPS) is 17.5. The predicted octanol–water partition coefficient (Wildman–Crippen LogP) is 1.51. The summed E-state index contributed by atoms with van der Waals surface area (Å²) >= 11 is 1.12. The van der Waals surface area contributed by atoms with Crippen molar-refractivity contribution in [3.05, 3.63) is 33.3 Å². The number of nitrogens with one attached hydrogen (secondary N) is 2. The largest absolute Gasteiger partial charge is 0.354 e. The van der Waals surface area contributed by atoms with Crippen molar-refractivity contribution in [3.63, 3.8) is 0 Å². The van der Waals surface area contributed by atoms with Crippen molar-refractivity contribution in [2.24, 2.45) is 7.05 Å². The Bertz CT molecular complexity index is 883. The molecule has 1 atom stereocenters. The number of carbonyl (C=O) groups is 1. The molecule has 1 amide bonds. The van der Waals surface area contributed by atoms with Crippen LogP contribution in [0.15, 0.2) is 16.3 Å². The van der Waals surface area contributed by atoms with Crippen LogP contribution in [0.4, 0.5) is 0 Å². The van der Waals surface area contributed by atoms with Crippen molar-refractivity contribution in [2.45, 2.75) is 37.1 Å². The van der Waals surface area contributed by atoms with E-state index < -0.39 is 10.0 Å². The summed E-state index contributed by atoms with van der Waals surface area (Å²) in [5.74, 6) is -0.287. The first kappa shape index (κ1) is 17.1. The molecule has 0 radical (unpaired) electrons. The number of hydrogen-bond donors (Lipinski definition) is 2. The Morgan fingerprint density at radius 1 is 1.46 bits per heavy atom. The van der Waals surface area contributed by atoms with Crippen LogP contribution in [-0.2, 0) is 23.5 Å². The van der Waals surface area contributed by atoms with Crippen molar-refractivity contribution >= 4 is 27.3 Å². The van der Waals surface area contributed by atoms with Crippen molar-refractivity contribution in [3.8, 4) is 0 Å². The number of aromatic nitrogens is 2. The van der Waals surface area contributed by atoms with Gasteiger partial charge in [-0.25, -0.2) is 13.1 Å². The van der Waals surface area contributed by atoms with Crippen molar-refractivity contribution < 1.29 is 13.2 Å². The van der Waals surface area contributed by atoms with Gasteiger partial charge in [0.15, 0.2) is 0 Å². The average Bonchev–Trinajstić information content (AvgIpc) is 3.13. The minimum absolute atomic E-state index is 0.125. The first-order chi connectivity index (χ1) is 11.3. The molecule has 2 N–H and O–H groups in total. The summed E-state index contributed by atoms with van der Waals surface area (Å²) in [6.07, 6.45) is 2.56. The van der Waals surface area contributed by atoms with Gasteiger partial charge in [-0.3, -0.25) is 9.48 Å². The zero-order chi connectivity index (χ0) is 17.5. The Balaban J connectivity index is 1.89. The van der Waals surface area contributed by atoms with Crippen LogP contribution < -0.4 is 10.0 Å². The molecule has 2 heterocycles. The third-order valence-electron chi connectivity index (χ3n) is 4.28. The lowest BCUT2D eigenvalue weighted by Gasteiger charge is -2.24. The molecule has 1 aliphatic rings. The lowest BCUT2D eigenvalue weighted by atomic mass is 9.92. The smallest absolute Gasteiger partial charge is 0.261 e. The highest BCUT2D eigenvalue weighted by atomic mass is 32.2. The van der Waals surface area contributed by atoms with Crippen LogP contribution in [-0.4, -0.2) is 31.2 Å². The van der Waals surface area contributed by atoms with Crippen molar-refractivity contribution in [1.29, 1.82) is 0 Å². The topological polar surface area (TPSA) is 93.1 Å². The van der Waals surface area contributed by atoms with Crippen LogP contribution in [0.25, 0.3) is 0 Å². The molecule has 1 unspecified atom stereocenters. The lowest BCUT2D eigenvalue weighted by molar-refractivity contribution is 0.0967. The molecule has 2 aromatic rings. The second kappa shape index (κ2) is 6.30. The fraction of sp³-hybridized carbons (Fsp3) is 0.467. The van der Waals surface area contributed by atoms with Gasteiger partial charge in [0, 0.05) is 30.7 Å². The second-order valence-electron chi connectivity index (χ2n) is 5.86. The van der Waals surface area contributed by atoms with E-state index in [0.717, 1.165) is 47.6 Å². The zero-order valence-corrected chi connectivity index (χ0v) is 15.4. The standard InChI is InChI=1S/C15H20N4O3S2/c1-9-14-11(5-4-6-12(14)19(3)17-9)18-24(21,22)10-7-13(23-8-10)15(20)16-2/h7-8,11,18H,4-6H2,1-3H3,(H,16,20). The van der Waals surface area contributed by atoms with Crippen molar-refractivity contribution in [1.82, 2.24) is 19.8 Å². The van der Waals surface area contributed by atoms with E-state index >= 15 is 0 Å². The number of thiophene rings is 1. The molecule has 0 aliphatic heterocycles. The summed E-state index contributed by atoms with van der Waals surface area (Å²) in [5.41, 5.74) is 2.92. The van der Waals surface area contributed by atoms with Gasteiger partial charge >= 0.3 is 0 Å². The van der Waals surface area contributed by atoms with Gasteiger partial charge in [-0.1, -0.05) is 0 Å². The number of amides is 1. The summed E-state index contributed by atoms with van der Waals surface area (Å²) in [5, 5.41) is 8.40. The molecule has 3 rings (SSSR count). The van der Waals surface area contributed by atoms with Gasteiger partial charge in [-0.15, -0.1) is 11.3 Å². The van der Waals surface area contributed by atoms with E-state index in [1.165, 1.54) is 18.5 Å². The average molecular weight is 368 g/mol. The van der Waals surface area contributed by atoms with E-state index in [-0.39, 0.29) is 16.8 Å². The summed E-state index contributed by atoms with van der Waals surface area (Å²) < 4.78 is 30.0. The minimum atomic E-state index is -3.69. The molecular weight excluding hydrogens is 348 g/mol. The van der Waals surface area contributed by atoms with E-state index in [9.17, 15) is 13.2 Å². The van der Waals surface area contributed by atoms with Crippen molar-refractivity contribution in [2.75, 3.05) is 7.05 Å². The number of carbonyl (C=O) groups excluding carboxylic acids is 1. The zero-order valence-electron chi connectivity index (χ0n) is 13.8. The van der Waals surface area contributed by atoms with Gasteiger partial charge < -0.3 is 5.32 Å². The number of sulfonamides is 1. The highest BCUT2D eigenvalue weighted by molar-refractivity contribution is 7.89. The molecule has 24 heavy (non-hydrogen) atoms. The highest BCUT2D eigenvalue weighted by Crippen LogP contribution is 2.33. The fourth-order valence-corrected chi connectivity index (χ4v) is 5.63. The summed E-state index contributed by atoms with van der Waals surface area (Å²) in [6, 6.07) is 1.13. The molecular formula is C15H20N4O3S2. The minimum Gasteiger partial charge on any atom is -0.354 e. The lowest BCUT2D eigenvalue weighted by Crippen LogP contribution is -2.31. The summed E-state index contributed by atoms with van der Waals surface area (Å²) in [4.78, 5) is 12.1. The van der Waals surface area contributed by atoms with Crippen LogP contribution in [0.2, 0.25) is 0 Å². The second-order valence-corrected chi connectivity index (χ2v) is 8.49. The Morgan fingerprint density at radius 2 is 2.21 bits per heavy atom. The van der Waals surface area contributed by atoms with E-state index in [1.54, 1.807) is 0 Å². The monoisotopic (exact) mass is 368 g/mol. The molecule has 130 valence electrons. The molecule has 9 heteroatoms. The van der Waals surface area contributed by atoms with Gasteiger partial charge in [-0.05, 0) is 32.3 Å². The molecule has 0 spiro atoms. The molecule has 2 aromatic heterocycles. The Morgan fingerprint density at radius 3 is 2.92 bits per heavy atom. The first-order valence-corrected chi connectivity index (χ1v) is 10.0. The number of nitrogens with zero attached hydrogens (tertiary/aromatic N) is 2. The number of aryl methyl sites for hydroxylation is 2. The number of rotatable bonds is 4. The molecule has 1 aliphatic carbocycles. The molecule has 0 aromatic carbocycles. The third kappa shape index (κ3) is 2.99. The maximum Gasteiger partial charge on any atom is 0.261 e. The van der Waals surface area contributed by atoms with Gasteiger partial charge in [0.1, 0.15) is 0 Å². The molecule has 7 nitrogen and oxygen atoms in total. The van der Waals surface area contributed by atoms with E-state index in [1.807, 2.05) is 18.7 Å². The van der Waals surface area contributed by atoms with Crippen LogP contribution in [0.3, 0.4) is 0 Å². The quantitative estimate of drug-likeness (QED) is 0.855. The van der Waals surface area contributed by atoms with Gasteiger partial charge in [0.05, 0.1) is 21.5 Å². The summed E-state index contributed by atoms with van der Waals surface area (Å²) in [7, 11) is -0.284. The first-order valence-electron chi connectivity index (χ1n) is 7.69. The predicted molar refractivity (Wildman–Crippen MR) is 91.7 cm³/mol. The highest BCUT2D eigenvalue weighted by Gasteiger charge is 2.30. The third-order valence-corrected chi connectivity index (χ3v) is 6.81. The SMILES string of the molecule is CNC(=O)c1cc(S(=O)(=O)NC2CCCc3c2c(C)nn3C)cs1. The molecule has 0 saturated carbocycles. The Hall–Kier alpha value is -1.71. The number of hydrogen-bond acceptors (Lipinski definition) is 5. The van der Waals surface area contributed by atoms with E-state index in [0.29, 0.717) is 4.88 Å². The van der Waals surface area contributed by atoms with Gasteiger partial charge in [0.25, 0.3) is 5.91 Å².